The Bertz CT molecular complexity index is 994. The second-order valence-electron chi connectivity index (χ2n) is 5.91. The van der Waals surface area contributed by atoms with E-state index in [4.69, 9.17) is 0 Å². The molecule has 0 saturated carbocycles. The number of aromatic nitrogens is 2. The summed E-state index contributed by atoms with van der Waals surface area (Å²) >= 11 is 1.25. The monoisotopic (exact) mass is 367 g/mol. The van der Waals surface area contributed by atoms with Crippen molar-refractivity contribution >= 4 is 23.4 Å². The lowest BCUT2D eigenvalue weighted by Gasteiger charge is -2.05. The number of para-hydroxylation sites is 1. The number of rotatable bonds is 4. The van der Waals surface area contributed by atoms with Gasteiger partial charge in [-0.3, -0.25) is 14.9 Å². The summed E-state index contributed by atoms with van der Waals surface area (Å²) in [6, 6.07) is 13.8. The van der Waals surface area contributed by atoms with Crippen LogP contribution in [0, 0.1) is 30.9 Å². The molecule has 6 nitrogen and oxygen atoms in total. The number of nitro groups is 1. The first-order chi connectivity index (χ1) is 12.4. The summed E-state index contributed by atoms with van der Waals surface area (Å²) in [5, 5.41) is 15.6. The van der Waals surface area contributed by atoms with Gasteiger partial charge < -0.3 is 0 Å². The molecule has 0 fully saturated rings. The number of hydrogen-bond donors (Lipinski definition) is 0. The van der Waals surface area contributed by atoms with Crippen LogP contribution in [0.1, 0.15) is 27.3 Å². The van der Waals surface area contributed by atoms with E-state index in [2.05, 4.69) is 5.10 Å². The minimum Gasteiger partial charge on any atom is -0.267 e. The van der Waals surface area contributed by atoms with Gasteiger partial charge in [0, 0.05) is 11.6 Å². The van der Waals surface area contributed by atoms with Gasteiger partial charge in [-0.15, -0.1) is 0 Å². The Morgan fingerprint density at radius 3 is 2.38 bits per heavy atom. The fourth-order valence-corrected chi connectivity index (χ4v) is 3.63. The third-order valence-corrected chi connectivity index (χ3v) is 5.35. The first-order valence-electron chi connectivity index (χ1n) is 7.97. The number of carbonyl (C=O) groups is 1. The molecule has 0 aliphatic rings. The Kier molecular flexibility index (Phi) is 4.90. The molecule has 0 N–H and O–H groups in total. The Morgan fingerprint density at radius 1 is 1.08 bits per heavy atom. The Balaban J connectivity index is 1.98. The fourth-order valence-electron chi connectivity index (χ4n) is 2.60. The second kappa shape index (κ2) is 7.13. The van der Waals surface area contributed by atoms with Crippen molar-refractivity contribution in [3.8, 4) is 0 Å². The van der Waals surface area contributed by atoms with E-state index in [-0.39, 0.29) is 11.6 Å². The smallest absolute Gasteiger partial charge is 0.267 e. The summed E-state index contributed by atoms with van der Waals surface area (Å²) in [5.41, 5.74) is 2.97. The van der Waals surface area contributed by atoms with Crippen LogP contribution < -0.4 is 0 Å². The zero-order valence-electron chi connectivity index (χ0n) is 14.6. The van der Waals surface area contributed by atoms with Gasteiger partial charge in [0.1, 0.15) is 0 Å². The highest BCUT2D eigenvalue weighted by Gasteiger charge is 2.21. The van der Waals surface area contributed by atoms with Crippen LogP contribution in [0.5, 0.6) is 0 Å². The van der Waals surface area contributed by atoms with Gasteiger partial charge in [0.25, 0.3) is 11.6 Å². The molecule has 0 aliphatic carbocycles. The van der Waals surface area contributed by atoms with Crippen molar-refractivity contribution in [2.45, 2.75) is 30.6 Å². The number of nitro benzene ring substituents is 1. The third kappa shape index (κ3) is 3.39. The minimum atomic E-state index is -0.408. The number of hydrogen-bond acceptors (Lipinski definition) is 5. The summed E-state index contributed by atoms with van der Waals surface area (Å²) in [6.07, 6.45) is 0. The van der Waals surface area contributed by atoms with Gasteiger partial charge in [-0.05, 0) is 39.0 Å². The largest absolute Gasteiger partial charge is 0.283 e. The summed E-state index contributed by atoms with van der Waals surface area (Å²) in [7, 11) is 0. The topological polar surface area (TPSA) is 78.0 Å². The maximum absolute atomic E-state index is 12.8. The van der Waals surface area contributed by atoms with E-state index in [0.717, 1.165) is 10.5 Å². The Labute approximate surface area is 155 Å². The first kappa shape index (κ1) is 17.9. The van der Waals surface area contributed by atoms with Gasteiger partial charge in [-0.2, -0.15) is 9.78 Å². The molecule has 1 aromatic heterocycles. The van der Waals surface area contributed by atoms with Crippen molar-refractivity contribution in [3.63, 3.8) is 0 Å². The lowest BCUT2D eigenvalue weighted by molar-refractivity contribution is -0.387. The van der Waals surface area contributed by atoms with Crippen molar-refractivity contribution in [3.05, 3.63) is 81.2 Å². The molecule has 3 aromatic rings. The number of benzene rings is 2. The second-order valence-corrected chi connectivity index (χ2v) is 6.96. The lowest BCUT2D eigenvalue weighted by atomic mass is 10.1. The molecule has 132 valence electrons. The van der Waals surface area contributed by atoms with E-state index in [9.17, 15) is 14.9 Å². The molecule has 26 heavy (non-hydrogen) atoms. The van der Waals surface area contributed by atoms with Gasteiger partial charge in [-0.1, -0.05) is 41.6 Å². The van der Waals surface area contributed by atoms with E-state index in [1.54, 1.807) is 44.2 Å². The summed E-state index contributed by atoms with van der Waals surface area (Å²) in [6.45, 7) is 5.55. The van der Waals surface area contributed by atoms with E-state index in [0.29, 0.717) is 21.8 Å². The highest BCUT2D eigenvalue weighted by atomic mass is 32.2. The molecule has 0 unspecified atom stereocenters. The zero-order chi connectivity index (χ0) is 18.8. The number of nitrogens with zero attached hydrogens (tertiary/aromatic N) is 3. The van der Waals surface area contributed by atoms with E-state index in [1.807, 2.05) is 19.1 Å². The first-order valence-corrected chi connectivity index (χ1v) is 8.79. The van der Waals surface area contributed by atoms with Crippen LogP contribution in [0.4, 0.5) is 5.69 Å². The van der Waals surface area contributed by atoms with Gasteiger partial charge in [0.15, 0.2) is 0 Å². The predicted molar refractivity (Wildman–Crippen MR) is 99.8 cm³/mol. The molecule has 7 heteroatoms. The van der Waals surface area contributed by atoms with Gasteiger partial charge in [-0.25, -0.2) is 0 Å². The highest BCUT2D eigenvalue weighted by Crippen LogP contribution is 2.37. The summed E-state index contributed by atoms with van der Waals surface area (Å²) < 4.78 is 1.36. The van der Waals surface area contributed by atoms with Crippen molar-refractivity contribution in [2.24, 2.45) is 0 Å². The molecule has 0 atom stereocenters. The Morgan fingerprint density at radius 2 is 1.73 bits per heavy atom. The average molecular weight is 367 g/mol. The highest BCUT2D eigenvalue weighted by molar-refractivity contribution is 7.99. The van der Waals surface area contributed by atoms with E-state index < -0.39 is 4.92 Å². The Hall–Kier alpha value is -2.93. The fraction of sp³-hybridized carbons (Fsp3) is 0.158. The average Bonchev–Trinajstić information content (AvgIpc) is 2.90. The standard InChI is InChI=1S/C19H17N3O3S/c1-12-8-10-15(11-9-12)19(23)21-14(3)18(13(2)20-21)26-17-7-5-4-6-16(17)22(24)25/h4-11H,1-3H3. The van der Waals surface area contributed by atoms with Crippen LogP contribution in [0.15, 0.2) is 58.3 Å². The van der Waals surface area contributed by atoms with Gasteiger partial charge in [0.05, 0.1) is 26.1 Å². The van der Waals surface area contributed by atoms with Crippen LogP contribution in [-0.2, 0) is 0 Å². The summed E-state index contributed by atoms with van der Waals surface area (Å²) in [5.74, 6) is -0.222. The van der Waals surface area contributed by atoms with Crippen LogP contribution in [0.2, 0.25) is 0 Å². The quantitative estimate of drug-likeness (QED) is 0.499. The predicted octanol–water partition coefficient (Wildman–Crippen LogP) is 4.56. The SMILES string of the molecule is Cc1ccc(C(=O)n2nc(C)c(Sc3ccccc3[N+](=O)[O-])c2C)cc1. The van der Waals surface area contributed by atoms with Crippen LogP contribution >= 0.6 is 11.8 Å². The van der Waals surface area contributed by atoms with Crippen LogP contribution in [0.25, 0.3) is 0 Å². The molecule has 0 radical (unpaired) electrons. The molecule has 0 amide bonds. The van der Waals surface area contributed by atoms with Crippen molar-refractivity contribution < 1.29 is 9.72 Å². The molecule has 1 heterocycles. The maximum atomic E-state index is 12.8. The molecular weight excluding hydrogens is 350 g/mol. The van der Waals surface area contributed by atoms with E-state index in [1.165, 1.54) is 22.5 Å². The maximum Gasteiger partial charge on any atom is 0.283 e. The third-order valence-electron chi connectivity index (χ3n) is 3.99. The molecule has 0 spiro atoms. The molecule has 0 aliphatic heterocycles. The molecular formula is C19H17N3O3S. The number of aryl methyl sites for hydroxylation is 2. The minimum absolute atomic E-state index is 0.0360. The van der Waals surface area contributed by atoms with Crippen molar-refractivity contribution in [1.29, 1.82) is 0 Å². The molecule has 3 rings (SSSR count). The van der Waals surface area contributed by atoms with Gasteiger partial charge in [0.2, 0.25) is 0 Å². The van der Waals surface area contributed by atoms with Crippen molar-refractivity contribution in [2.75, 3.05) is 0 Å². The normalized spacial score (nSPS) is 10.7. The summed E-state index contributed by atoms with van der Waals surface area (Å²) in [4.78, 5) is 24.8. The van der Waals surface area contributed by atoms with Gasteiger partial charge >= 0.3 is 0 Å². The molecule has 0 saturated heterocycles. The van der Waals surface area contributed by atoms with E-state index >= 15 is 0 Å². The molecule has 0 bridgehead atoms. The zero-order valence-corrected chi connectivity index (χ0v) is 15.4. The lowest BCUT2D eigenvalue weighted by Crippen LogP contribution is -2.15. The van der Waals surface area contributed by atoms with Crippen LogP contribution in [0.3, 0.4) is 0 Å². The number of carbonyl (C=O) groups excluding carboxylic acids is 1. The van der Waals surface area contributed by atoms with Crippen LogP contribution in [-0.4, -0.2) is 20.6 Å². The van der Waals surface area contributed by atoms with Crippen molar-refractivity contribution in [1.82, 2.24) is 9.78 Å². The molecule has 2 aromatic carbocycles.